The van der Waals surface area contributed by atoms with Crippen LogP contribution in [-0.4, -0.2) is 13.1 Å². The fraction of sp³-hybridized carbons (Fsp3) is 0.604. The van der Waals surface area contributed by atoms with Gasteiger partial charge in [-0.2, -0.15) is 0 Å². The second kappa shape index (κ2) is 34.1. The van der Waals surface area contributed by atoms with Crippen molar-refractivity contribution in [1.29, 1.82) is 0 Å². The highest BCUT2D eigenvalue weighted by Gasteiger charge is 1.99. The molecule has 0 aliphatic heterocycles. The maximum Gasteiger partial charge on any atom is 0.305 e. The molecule has 0 radical (unpaired) electrons. The number of carbonyl (C=O) groups excluding carboxylic acids is 1. The second-order valence-electron chi connectivity index (χ2n) is 16.7. The van der Waals surface area contributed by atoms with Gasteiger partial charge in [-0.3, -0.25) is 4.79 Å². The lowest BCUT2D eigenvalue weighted by Gasteiger charge is -2.04. The third-order valence-electron chi connectivity index (χ3n) is 10.4. The van der Waals surface area contributed by atoms with Crippen LogP contribution in [0.4, 0.5) is 0 Å². The number of esters is 1. The number of carbonyl (C=O) groups is 1. The van der Waals surface area contributed by atoms with Crippen LogP contribution < -0.4 is 0 Å². The van der Waals surface area contributed by atoms with Crippen LogP contribution in [0.2, 0.25) is 0 Å². The van der Waals surface area contributed by atoms with Gasteiger partial charge in [0.1, 0.15) is 0 Å². The molecule has 2 nitrogen and oxygen atoms in total. The van der Waals surface area contributed by atoms with Crippen molar-refractivity contribution in [3.63, 3.8) is 0 Å². The smallest absolute Gasteiger partial charge is 0.305 e. The topological polar surface area (TPSA) is 26.3 Å². The van der Waals surface area contributed by atoms with Gasteiger partial charge in [-0.1, -0.05) is 116 Å². The average Bonchev–Trinajstić information content (AvgIpc) is 3.11. The Labute approximate surface area is 342 Å². The normalized spacial score (nSPS) is 14.5. The van der Waals surface area contributed by atoms with Gasteiger partial charge in [-0.05, 0) is 198 Å². The van der Waals surface area contributed by atoms with Crippen molar-refractivity contribution >= 4 is 5.97 Å². The molecule has 0 bridgehead atoms. The Morgan fingerprint density at radius 3 is 0.618 bits per heavy atom. The first kappa shape index (κ1) is 51.9. The molecule has 55 heavy (non-hydrogen) atoms. The van der Waals surface area contributed by atoms with E-state index < -0.39 is 0 Å². The zero-order valence-electron chi connectivity index (χ0n) is 38.2. The van der Waals surface area contributed by atoms with E-state index in [4.69, 9.17) is 4.74 Å². The van der Waals surface area contributed by atoms with E-state index in [1.807, 2.05) is 0 Å². The Bertz CT molecular complexity index is 1390. The van der Waals surface area contributed by atoms with Gasteiger partial charge < -0.3 is 4.74 Å². The van der Waals surface area contributed by atoms with Crippen molar-refractivity contribution in [3.8, 4) is 0 Å². The van der Waals surface area contributed by atoms with E-state index in [1.54, 1.807) is 0 Å². The lowest BCUT2D eigenvalue weighted by molar-refractivity contribution is -0.140. The lowest BCUT2D eigenvalue weighted by Crippen LogP contribution is -1.98. The van der Waals surface area contributed by atoms with E-state index in [2.05, 4.69) is 137 Å². The predicted octanol–water partition coefficient (Wildman–Crippen LogP) is 17.4. The number of methoxy groups -OCH3 is 1. The van der Waals surface area contributed by atoms with Crippen LogP contribution in [-0.2, 0) is 9.53 Å². The van der Waals surface area contributed by atoms with Crippen molar-refractivity contribution in [2.24, 2.45) is 0 Å². The summed E-state index contributed by atoms with van der Waals surface area (Å²) in [6.07, 6.45) is 45.9. The highest BCUT2D eigenvalue weighted by molar-refractivity contribution is 5.69. The van der Waals surface area contributed by atoms with E-state index in [1.165, 1.54) is 108 Å². The molecule has 0 spiro atoms. The molecule has 0 atom stereocenters. The lowest BCUT2D eigenvalue weighted by atomic mass is 10.0. The van der Waals surface area contributed by atoms with Gasteiger partial charge in [0.25, 0.3) is 0 Å². The number of hydrogen-bond acceptors (Lipinski definition) is 2. The fourth-order valence-corrected chi connectivity index (χ4v) is 6.42. The summed E-state index contributed by atoms with van der Waals surface area (Å²) in [7, 11) is 1.45. The molecule has 0 aromatic carbocycles. The first-order chi connectivity index (χ1) is 26.2. The molecule has 0 fully saturated rings. The van der Waals surface area contributed by atoms with Crippen molar-refractivity contribution < 1.29 is 9.53 Å². The third-order valence-corrected chi connectivity index (χ3v) is 10.4. The van der Waals surface area contributed by atoms with Crippen molar-refractivity contribution in [1.82, 2.24) is 0 Å². The minimum atomic E-state index is -0.136. The van der Waals surface area contributed by atoms with E-state index in [0.717, 1.165) is 77.0 Å². The quantitative estimate of drug-likeness (QED) is 0.0539. The largest absolute Gasteiger partial charge is 0.469 e. The highest BCUT2D eigenvalue weighted by Crippen LogP contribution is 2.18. The van der Waals surface area contributed by atoms with Gasteiger partial charge >= 0.3 is 5.97 Å². The zero-order valence-corrected chi connectivity index (χ0v) is 38.2. The van der Waals surface area contributed by atoms with Crippen LogP contribution in [0.3, 0.4) is 0 Å². The van der Waals surface area contributed by atoms with Gasteiger partial charge in [0.05, 0.1) is 7.11 Å². The maximum absolute atomic E-state index is 11.2. The molecule has 310 valence electrons. The molecular weight excluding hydrogens is 669 g/mol. The van der Waals surface area contributed by atoms with Crippen LogP contribution in [0.1, 0.15) is 205 Å². The van der Waals surface area contributed by atoms with E-state index in [-0.39, 0.29) is 5.97 Å². The molecule has 0 aromatic heterocycles. The van der Waals surface area contributed by atoms with Gasteiger partial charge in [0.15, 0.2) is 0 Å². The minimum absolute atomic E-state index is 0.136. The van der Waals surface area contributed by atoms with Crippen LogP contribution in [0.5, 0.6) is 0 Å². The molecule has 0 N–H and O–H groups in total. The summed E-state index contributed by atoms with van der Waals surface area (Å²) < 4.78 is 4.71. The average molecular weight is 755 g/mol. The van der Waals surface area contributed by atoms with E-state index >= 15 is 0 Å². The first-order valence-electron chi connectivity index (χ1n) is 21.8. The molecule has 0 unspecified atom stereocenters. The van der Waals surface area contributed by atoms with Gasteiger partial charge in [-0.15, -0.1) is 0 Å². The summed E-state index contributed by atoms with van der Waals surface area (Å²) in [6, 6.07) is 0. The van der Waals surface area contributed by atoms with E-state index in [0.29, 0.717) is 6.42 Å². The summed E-state index contributed by atoms with van der Waals surface area (Å²) >= 11 is 0. The molecule has 0 aliphatic carbocycles. The summed E-state index contributed by atoms with van der Waals surface area (Å²) in [4.78, 5) is 11.2. The third kappa shape index (κ3) is 35.1. The fourth-order valence-electron chi connectivity index (χ4n) is 6.42. The van der Waals surface area contributed by atoms with Crippen molar-refractivity contribution in [2.75, 3.05) is 7.11 Å². The Morgan fingerprint density at radius 1 is 0.291 bits per heavy atom. The van der Waals surface area contributed by atoms with Gasteiger partial charge in [0.2, 0.25) is 0 Å². The van der Waals surface area contributed by atoms with Crippen LogP contribution in [0, 0.1) is 0 Å². The summed E-state index contributed by atoms with van der Waals surface area (Å²) in [5.41, 5.74) is 14.9. The molecule has 0 saturated carbocycles. The standard InChI is InChI=1S/C53H86O2/c1-43(2)23-13-24-44(3)25-14-26-45(4)27-15-28-46(5)29-16-30-47(6)31-17-32-48(7)33-18-34-49(8)35-19-36-50(9)37-20-38-51(10)39-21-40-52(11)41-22-42-53(54)55-12/h23,25,27,29,31,33,35,37,39,41H,13-22,24,26,28,30,32,34,36,38,40,42H2,1-12H3/b44-25+,45-27-,46-29+,47-31-,48-33+,49-35-,50-37+,51-39+,52-41-. The summed E-state index contributed by atoms with van der Waals surface area (Å²) in [6.45, 7) is 24.8. The van der Waals surface area contributed by atoms with Crippen LogP contribution in [0.15, 0.2) is 116 Å². The molecule has 0 aliphatic rings. The minimum Gasteiger partial charge on any atom is -0.469 e. The van der Waals surface area contributed by atoms with Gasteiger partial charge in [0, 0.05) is 6.42 Å². The molecule has 0 aromatic rings. The van der Waals surface area contributed by atoms with Crippen molar-refractivity contribution in [2.45, 2.75) is 205 Å². The second-order valence-corrected chi connectivity index (χ2v) is 16.7. The van der Waals surface area contributed by atoms with Crippen molar-refractivity contribution in [3.05, 3.63) is 116 Å². The Hall–Kier alpha value is -3.13. The Balaban J connectivity index is 4.25. The molecule has 2 heteroatoms. The zero-order chi connectivity index (χ0) is 41.3. The number of ether oxygens (including phenoxy) is 1. The molecular formula is C53H86O2. The Kier molecular flexibility index (Phi) is 32.2. The molecule has 0 saturated heterocycles. The van der Waals surface area contributed by atoms with Crippen LogP contribution >= 0.6 is 0 Å². The number of hydrogen-bond donors (Lipinski definition) is 0. The highest BCUT2D eigenvalue weighted by atomic mass is 16.5. The summed E-state index contributed by atoms with van der Waals surface area (Å²) in [5.74, 6) is -0.136. The molecule has 0 amide bonds. The first-order valence-corrected chi connectivity index (χ1v) is 21.8. The van der Waals surface area contributed by atoms with E-state index in [9.17, 15) is 4.79 Å². The number of allylic oxidation sites excluding steroid dienone is 20. The van der Waals surface area contributed by atoms with Crippen LogP contribution in [0.25, 0.3) is 0 Å². The molecule has 0 heterocycles. The molecule has 0 rings (SSSR count). The Morgan fingerprint density at radius 2 is 0.455 bits per heavy atom. The maximum atomic E-state index is 11.2. The number of rotatable bonds is 30. The monoisotopic (exact) mass is 755 g/mol. The SMILES string of the molecule is COC(=O)CC/C=C(/C)CC/C=C(\C)CC/C=C(\C)CC/C=C(/C)CC/C=C(\C)CC/C=C(/C)CC/C=C(\C)CC/C=C(/C)CC/C=C(\C)CCC=C(C)C. The predicted molar refractivity (Wildman–Crippen MR) is 248 cm³/mol. The van der Waals surface area contributed by atoms with Gasteiger partial charge in [-0.25, -0.2) is 0 Å². The summed E-state index contributed by atoms with van der Waals surface area (Å²) in [5, 5.41) is 0.